The second kappa shape index (κ2) is 9.10. The molecule has 0 bridgehead atoms. The third kappa shape index (κ3) is 5.25. The van der Waals surface area contributed by atoms with Crippen LogP contribution in [0.25, 0.3) is 0 Å². The molecule has 3 aromatic rings. The van der Waals surface area contributed by atoms with Crippen LogP contribution in [0.3, 0.4) is 0 Å². The number of aromatic nitrogens is 1. The first kappa shape index (κ1) is 21.5. The second-order valence-electron chi connectivity index (χ2n) is 6.15. The number of carbonyl (C=O) groups is 1. The highest BCUT2D eigenvalue weighted by atomic mass is 35.5. The van der Waals surface area contributed by atoms with E-state index in [1.165, 1.54) is 37.4 Å². The van der Waals surface area contributed by atoms with E-state index >= 15 is 0 Å². The van der Waals surface area contributed by atoms with Crippen molar-refractivity contribution in [2.24, 2.45) is 0 Å². The number of sulfonamides is 1. The molecular formula is C20H17ClFN3O4S. The molecule has 0 fully saturated rings. The predicted octanol–water partition coefficient (Wildman–Crippen LogP) is 3.61. The van der Waals surface area contributed by atoms with Crippen LogP contribution in [0.1, 0.15) is 15.9 Å². The van der Waals surface area contributed by atoms with E-state index in [0.29, 0.717) is 5.88 Å². The maximum absolute atomic E-state index is 13.0. The zero-order chi connectivity index (χ0) is 21.7. The first-order chi connectivity index (χ1) is 14.3. The second-order valence-corrected chi connectivity index (χ2v) is 8.24. The molecule has 0 radical (unpaired) electrons. The van der Waals surface area contributed by atoms with Gasteiger partial charge in [-0.2, -0.15) is 0 Å². The van der Waals surface area contributed by atoms with Crippen molar-refractivity contribution in [2.45, 2.75) is 11.4 Å². The summed E-state index contributed by atoms with van der Waals surface area (Å²) in [6.45, 7) is 0.164. The summed E-state index contributed by atoms with van der Waals surface area (Å²) in [5.74, 6) is -0.593. The Hall–Kier alpha value is -3.17. The summed E-state index contributed by atoms with van der Waals surface area (Å²) < 4.78 is 45.5. The first-order valence-corrected chi connectivity index (χ1v) is 10.5. The van der Waals surface area contributed by atoms with E-state index < -0.39 is 21.7 Å². The average molecular weight is 450 g/mol. The molecule has 0 aliphatic carbocycles. The van der Waals surface area contributed by atoms with Crippen molar-refractivity contribution in [1.29, 1.82) is 0 Å². The molecule has 0 spiro atoms. The minimum Gasteiger partial charge on any atom is -0.481 e. The number of anilines is 1. The molecule has 0 aliphatic rings. The van der Waals surface area contributed by atoms with Crippen molar-refractivity contribution >= 4 is 33.2 Å². The van der Waals surface area contributed by atoms with Crippen molar-refractivity contribution in [2.75, 3.05) is 11.8 Å². The molecule has 1 heterocycles. The molecule has 30 heavy (non-hydrogen) atoms. The predicted molar refractivity (Wildman–Crippen MR) is 111 cm³/mol. The van der Waals surface area contributed by atoms with Gasteiger partial charge in [-0.15, -0.1) is 0 Å². The number of ether oxygens (including phenoxy) is 1. The van der Waals surface area contributed by atoms with E-state index in [0.717, 1.165) is 17.7 Å². The van der Waals surface area contributed by atoms with Crippen LogP contribution in [0.5, 0.6) is 5.88 Å². The van der Waals surface area contributed by atoms with Gasteiger partial charge < -0.3 is 10.1 Å². The van der Waals surface area contributed by atoms with Gasteiger partial charge in [0.1, 0.15) is 5.82 Å². The number of hydrogen-bond acceptors (Lipinski definition) is 5. The molecule has 0 unspecified atom stereocenters. The van der Waals surface area contributed by atoms with Gasteiger partial charge in [-0.3, -0.25) is 9.52 Å². The highest BCUT2D eigenvalue weighted by molar-refractivity contribution is 7.92. The molecule has 1 aromatic heterocycles. The number of methoxy groups -OCH3 is 1. The molecule has 0 saturated heterocycles. The van der Waals surface area contributed by atoms with Gasteiger partial charge >= 0.3 is 0 Å². The number of amides is 1. The van der Waals surface area contributed by atoms with Gasteiger partial charge in [0.25, 0.3) is 15.9 Å². The molecule has 0 saturated carbocycles. The number of halogens is 2. The fourth-order valence-corrected chi connectivity index (χ4v) is 3.78. The van der Waals surface area contributed by atoms with Crippen molar-refractivity contribution in [3.8, 4) is 5.88 Å². The number of nitrogens with one attached hydrogen (secondary N) is 2. The Morgan fingerprint density at radius 1 is 1.13 bits per heavy atom. The SMILES string of the molecule is COc1ccc(CNC(=O)c2cc(S(=O)(=O)Nc3ccc(F)cc3)ccc2Cl)cn1. The Morgan fingerprint density at radius 2 is 1.87 bits per heavy atom. The fraction of sp³-hybridized carbons (Fsp3) is 0.100. The lowest BCUT2D eigenvalue weighted by atomic mass is 10.2. The van der Waals surface area contributed by atoms with Gasteiger partial charge in [0.2, 0.25) is 5.88 Å². The third-order valence-corrected chi connectivity index (χ3v) is 5.76. The standard InChI is InChI=1S/C20H17ClFN3O4S/c1-29-19-9-2-13(11-23-19)12-24-20(26)17-10-16(7-8-18(17)21)30(27,28)25-15-5-3-14(22)4-6-15/h2-11,25H,12H2,1H3,(H,24,26). The zero-order valence-corrected chi connectivity index (χ0v) is 17.3. The van der Waals surface area contributed by atoms with Crippen molar-refractivity contribution in [3.63, 3.8) is 0 Å². The average Bonchev–Trinajstić information content (AvgIpc) is 2.74. The fourth-order valence-electron chi connectivity index (χ4n) is 2.49. The van der Waals surface area contributed by atoms with Crippen molar-refractivity contribution < 1.29 is 22.3 Å². The molecule has 2 aromatic carbocycles. The number of hydrogen-bond donors (Lipinski definition) is 2. The molecule has 7 nitrogen and oxygen atoms in total. The summed E-state index contributed by atoms with van der Waals surface area (Å²) in [5, 5.41) is 2.77. The van der Waals surface area contributed by atoms with Gasteiger partial charge in [-0.25, -0.2) is 17.8 Å². The van der Waals surface area contributed by atoms with Crippen LogP contribution in [0.15, 0.2) is 65.7 Å². The number of nitrogens with zero attached hydrogens (tertiary/aromatic N) is 1. The number of carbonyl (C=O) groups excluding carboxylic acids is 1. The molecule has 2 N–H and O–H groups in total. The Labute approximate surface area is 177 Å². The van der Waals surface area contributed by atoms with E-state index in [4.69, 9.17) is 16.3 Å². The first-order valence-electron chi connectivity index (χ1n) is 8.63. The van der Waals surface area contributed by atoms with Crippen LogP contribution in [0.4, 0.5) is 10.1 Å². The van der Waals surface area contributed by atoms with Gasteiger partial charge in [0.05, 0.1) is 22.6 Å². The van der Waals surface area contributed by atoms with Gasteiger partial charge in [0.15, 0.2) is 0 Å². The zero-order valence-electron chi connectivity index (χ0n) is 15.7. The van der Waals surface area contributed by atoms with Crippen molar-refractivity contribution in [1.82, 2.24) is 10.3 Å². The number of pyridine rings is 1. The molecule has 3 rings (SSSR count). The monoisotopic (exact) mass is 449 g/mol. The topological polar surface area (TPSA) is 97.4 Å². The quantitative estimate of drug-likeness (QED) is 0.574. The lowest BCUT2D eigenvalue weighted by molar-refractivity contribution is 0.0951. The Kier molecular flexibility index (Phi) is 6.53. The Bertz CT molecular complexity index is 1150. The summed E-state index contributed by atoms with van der Waals surface area (Å²) in [7, 11) is -2.51. The molecule has 10 heteroatoms. The minimum atomic E-state index is -4.01. The van der Waals surface area contributed by atoms with Crippen LogP contribution < -0.4 is 14.8 Å². The van der Waals surface area contributed by atoms with E-state index in [2.05, 4.69) is 15.0 Å². The Morgan fingerprint density at radius 3 is 2.50 bits per heavy atom. The van der Waals surface area contributed by atoms with E-state index in [9.17, 15) is 17.6 Å². The lowest BCUT2D eigenvalue weighted by Crippen LogP contribution is -2.24. The summed E-state index contributed by atoms with van der Waals surface area (Å²) in [6.07, 6.45) is 1.55. The smallest absolute Gasteiger partial charge is 0.261 e. The molecule has 0 aliphatic heterocycles. The van der Waals surface area contributed by atoms with Crippen LogP contribution in [-0.2, 0) is 16.6 Å². The minimum absolute atomic E-state index is 0.000110. The van der Waals surface area contributed by atoms with Gasteiger partial charge in [-0.05, 0) is 48.0 Å². The van der Waals surface area contributed by atoms with Crippen molar-refractivity contribution in [3.05, 3.63) is 82.8 Å². The number of rotatable bonds is 7. The summed E-state index contributed by atoms with van der Waals surface area (Å²) in [6, 6.07) is 12.0. The summed E-state index contributed by atoms with van der Waals surface area (Å²) >= 11 is 6.09. The van der Waals surface area contributed by atoms with E-state index in [1.807, 2.05) is 0 Å². The normalized spacial score (nSPS) is 11.0. The van der Waals surface area contributed by atoms with Gasteiger partial charge in [0, 0.05) is 24.5 Å². The number of benzene rings is 2. The van der Waals surface area contributed by atoms with E-state index in [-0.39, 0.29) is 27.7 Å². The molecule has 1 amide bonds. The molecular weight excluding hydrogens is 433 g/mol. The highest BCUT2D eigenvalue weighted by Crippen LogP contribution is 2.23. The maximum atomic E-state index is 13.0. The molecule has 156 valence electrons. The summed E-state index contributed by atoms with van der Waals surface area (Å²) in [5.41, 5.74) is 0.909. The van der Waals surface area contributed by atoms with Crippen LogP contribution in [0, 0.1) is 5.82 Å². The third-order valence-electron chi connectivity index (χ3n) is 4.05. The highest BCUT2D eigenvalue weighted by Gasteiger charge is 2.19. The van der Waals surface area contributed by atoms with Crippen LogP contribution in [-0.4, -0.2) is 26.4 Å². The molecule has 0 atom stereocenters. The largest absolute Gasteiger partial charge is 0.481 e. The lowest BCUT2D eigenvalue weighted by Gasteiger charge is -2.11. The van der Waals surface area contributed by atoms with E-state index in [1.54, 1.807) is 18.3 Å². The van der Waals surface area contributed by atoms with Crippen LogP contribution >= 0.6 is 11.6 Å². The Balaban J connectivity index is 1.76. The maximum Gasteiger partial charge on any atom is 0.261 e. The summed E-state index contributed by atoms with van der Waals surface area (Å²) in [4.78, 5) is 16.4. The van der Waals surface area contributed by atoms with Crippen LogP contribution in [0.2, 0.25) is 5.02 Å². The van der Waals surface area contributed by atoms with Gasteiger partial charge in [-0.1, -0.05) is 17.7 Å².